The van der Waals surface area contributed by atoms with E-state index >= 15 is 0 Å². The molecule has 0 spiro atoms. The van der Waals surface area contributed by atoms with Crippen molar-refractivity contribution in [1.82, 2.24) is 5.32 Å². The second kappa shape index (κ2) is 7.13. The van der Waals surface area contributed by atoms with Crippen LogP contribution in [0.2, 0.25) is 0 Å². The molecule has 108 valence electrons. The predicted molar refractivity (Wildman–Crippen MR) is 70.3 cm³/mol. The number of carboxylic acids is 1. The van der Waals surface area contributed by atoms with E-state index in [1.807, 2.05) is 0 Å². The predicted octanol–water partition coefficient (Wildman–Crippen LogP) is 0.144. The van der Waals surface area contributed by atoms with Crippen LogP contribution in [0.15, 0.2) is 24.3 Å². The molecule has 1 aromatic carbocycles. The third kappa shape index (κ3) is 4.60. The zero-order valence-corrected chi connectivity index (χ0v) is 11.0. The number of rotatable bonds is 7. The average Bonchev–Trinajstić information content (AvgIpc) is 2.38. The van der Waals surface area contributed by atoms with Crippen molar-refractivity contribution in [2.75, 3.05) is 6.61 Å². The molecule has 1 atom stereocenters. The van der Waals surface area contributed by atoms with Crippen molar-refractivity contribution < 1.29 is 24.2 Å². The summed E-state index contributed by atoms with van der Waals surface area (Å²) in [4.78, 5) is 33.6. The first-order chi connectivity index (χ1) is 9.43. The van der Waals surface area contributed by atoms with Gasteiger partial charge in [-0.25, -0.2) is 4.79 Å². The zero-order chi connectivity index (χ0) is 15.1. The van der Waals surface area contributed by atoms with Gasteiger partial charge in [-0.05, 0) is 25.1 Å². The minimum absolute atomic E-state index is 0.242. The van der Waals surface area contributed by atoms with Crippen LogP contribution in [0.4, 0.5) is 0 Å². The molecule has 0 saturated carbocycles. The number of nitrogens with two attached hydrogens (primary N) is 1. The first-order valence-corrected chi connectivity index (χ1v) is 5.99. The maximum Gasteiger partial charge on any atom is 0.326 e. The molecule has 0 bridgehead atoms. The average molecular weight is 280 g/mol. The van der Waals surface area contributed by atoms with E-state index in [4.69, 9.17) is 15.6 Å². The van der Waals surface area contributed by atoms with Gasteiger partial charge < -0.3 is 20.9 Å². The summed E-state index contributed by atoms with van der Waals surface area (Å²) in [6.07, 6.45) is -0.466. The standard InChI is InChI=1S/C13H16N2O5/c1-2-20-9-5-3-4-8(6-9)12(17)15-10(13(18)19)7-11(14)16/h3-6,10H,2,7H2,1H3,(H2,14,16)(H,15,17)(H,18,19). The molecule has 0 fully saturated rings. The van der Waals surface area contributed by atoms with E-state index in [1.165, 1.54) is 12.1 Å². The third-order valence-electron chi connectivity index (χ3n) is 2.42. The first-order valence-electron chi connectivity index (χ1n) is 5.99. The summed E-state index contributed by atoms with van der Waals surface area (Å²) in [6, 6.07) is 4.95. The van der Waals surface area contributed by atoms with Crippen LogP contribution < -0.4 is 15.8 Å². The molecule has 0 heterocycles. The van der Waals surface area contributed by atoms with E-state index in [0.717, 1.165) is 0 Å². The van der Waals surface area contributed by atoms with Gasteiger partial charge in [0.15, 0.2) is 0 Å². The Morgan fingerprint density at radius 3 is 2.65 bits per heavy atom. The Morgan fingerprint density at radius 2 is 2.10 bits per heavy atom. The Labute approximate surface area is 115 Å². The first kappa shape index (κ1) is 15.5. The van der Waals surface area contributed by atoms with Gasteiger partial charge in [-0.1, -0.05) is 6.07 Å². The fraction of sp³-hybridized carbons (Fsp3) is 0.308. The molecule has 0 saturated heterocycles. The van der Waals surface area contributed by atoms with Crippen LogP contribution in [0.3, 0.4) is 0 Å². The summed E-state index contributed by atoms with van der Waals surface area (Å²) in [5.41, 5.74) is 5.18. The molecule has 0 radical (unpaired) electrons. The highest BCUT2D eigenvalue weighted by Gasteiger charge is 2.22. The summed E-state index contributed by atoms with van der Waals surface area (Å²) < 4.78 is 5.24. The maximum atomic E-state index is 11.9. The van der Waals surface area contributed by atoms with Gasteiger partial charge in [0, 0.05) is 5.56 Å². The second-order valence-corrected chi connectivity index (χ2v) is 4.00. The Balaban J connectivity index is 2.80. The lowest BCUT2D eigenvalue weighted by Crippen LogP contribution is -2.43. The third-order valence-corrected chi connectivity index (χ3v) is 2.42. The molecule has 7 heteroatoms. The number of aliphatic carboxylic acids is 1. The number of carbonyl (C=O) groups excluding carboxylic acids is 2. The van der Waals surface area contributed by atoms with Gasteiger partial charge in [-0.3, -0.25) is 9.59 Å². The summed E-state index contributed by atoms with van der Waals surface area (Å²) >= 11 is 0. The van der Waals surface area contributed by atoms with Gasteiger partial charge in [0.25, 0.3) is 5.91 Å². The summed E-state index contributed by atoms with van der Waals surface area (Å²) in [7, 11) is 0. The lowest BCUT2D eigenvalue weighted by atomic mass is 10.1. The van der Waals surface area contributed by atoms with Gasteiger partial charge in [-0.15, -0.1) is 0 Å². The number of carbonyl (C=O) groups is 3. The molecular formula is C13H16N2O5. The van der Waals surface area contributed by atoms with Crippen LogP contribution in [0.25, 0.3) is 0 Å². The van der Waals surface area contributed by atoms with Crippen LogP contribution >= 0.6 is 0 Å². The highest BCUT2D eigenvalue weighted by molar-refractivity contribution is 5.97. The molecule has 1 aromatic rings. The number of nitrogens with one attached hydrogen (secondary N) is 1. The monoisotopic (exact) mass is 280 g/mol. The minimum Gasteiger partial charge on any atom is -0.494 e. The smallest absolute Gasteiger partial charge is 0.326 e. The summed E-state index contributed by atoms with van der Waals surface area (Å²) in [6.45, 7) is 2.25. The Morgan fingerprint density at radius 1 is 1.40 bits per heavy atom. The van der Waals surface area contributed by atoms with Crippen molar-refractivity contribution in [3.8, 4) is 5.75 Å². The SMILES string of the molecule is CCOc1cccc(C(=O)NC(CC(N)=O)C(=O)O)c1. The molecule has 0 aliphatic carbocycles. The van der Waals surface area contributed by atoms with E-state index in [1.54, 1.807) is 19.1 Å². The van der Waals surface area contributed by atoms with Crippen LogP contribution in [-0.2, 0) is 9.59 Å². The largest absolute Gasteiger partial charge is 0.494 e. The fourth-order valence-corrected chi connectivity index (χ4v) is 1.54. The van der Waals surface area contributed by atoms with Crippen LogP contribution in [-0.4, -0.2) is 35.5 Å². The lowest BCUT2D eigenvalue weighted by Gasteiger charge is -2.13. The highest BCUT2D eigenvalue weighted by Crippen LogP contribution is 2.13. The molecule has 0 aliphatic rings. The Bertz CT molecular complexity index is 515. The maximum absolute atomic E-state index is 11.9. The van der Waals surface area contributed by atoms with Crippen molar-refractivity contribution in [3.05, 3.63) is 29.8 Å². The number of benzene rings is 1. The van der Waals surface area contributed by atoms with Gasteiger partial charge in [-0.2, -0.15) is 0 Å². The molecule has 2 amide bonds. The summed E-state index contributed by atoms with van der Waals surface area (Å²) in [5, 5.41) is 11.1. The van der Waals surface area contributed by atoms with Crippen molar-refractivity contribution in [2.45, 2.75) is 19.4 Å². The Hall–Kier alpha value is -2.57. The fourth-order valence-electron chi connectivity index (χ4n) is 1.54. The van der Waals surface area contributed by atoms with Crippen LogP contribution in [0.5, 0.6) is 5.75 Å². The zero-order valence-electron chi connectivity index (χ0n) is 11.0. The molecule has 0 aromatic heterocycles. The highest BCUT2D eigenvalue weighted by atomic mass is 16.5. The van der Waals surface area contributed by atoms with Crippen molar-refractivity contribution >= 4 is 17.8 Å². The van der Waals surface area contributed by atoms with E-state index in [2.05, 4.69) is 5.32 Å². The van der Waals surface area contributed by atoms with Gasteiger partial charge in [0.1, 0.15) is 11.8 Å². The van der Waals surface area contributed by atoms with E-state index in [0.29, 0.717) is 12.4 Å². The Kier molecular flexibility index (Phi) is 5.52. The minimum atomic E-state index is -1.35. The molecule has 20 heavy (non-hydrogen) atoms. The molecule has 1 unspecified atom stereocenters. The van der Waals surface area contributed by atoms with Crippen molar-refractivity contribution in [3.63, 3.8) is 0 Å². The van der Waals surface area contributed by atoms with E-state index < -0.39 is 30.2 Å². The quantitative estimate of drug-likeness (QED) is 0.656. The van der Waals surface area contributed by atoms with Gasteiger partial charge in [0.05, 0.1) is 13.0 Å². The normalized spacial score (nSPS) is 11.4. The number of hydrogen-bond acceptors (Lipinski definition) is 4. The van der Waals surface area contributed by atoms with Crippen molar-refractivity contribution in [1.29, 1.82) is 0 Å². The van der Waals surface area contributed by atoms with Gasteiger partial charge in [0.2, 0.25) is 5.91 Å². The summed E-state index contributed by atoms with van der Waals surface area (Å²) in [5.74, 6) is -2.24. The molecule has 7 nitrogen and oxygen atoms in total. The van der Waals surface area contributed by atoms with Gasteiger partial charge >= 0.3 is 5.97 Å². The van der Waals surface area contributed by atoms with E-state index in [9.17, 15) is 14.4 Å². The number of primary amides is 1. The molecular weight excluding hydrogens is 264 g/mol. The van der Waals surface area contributed by atoms with Crippen LogP contribution in [0, 0.1) is 0 Å². The number of hydrogen-bond donors (Lipinski definition) is 3. The number of ether oxygens (including phenoxy) is 1. The van der Waals surface area contributed by atoms with Crippen molar-refractivity contribution in [2.24, 2.45) is 5.73 Å². The second-order valence-electron chi connectivity index (χ2n) is 4.00. The van der Waals surface area contributed by atoms with Crippen LogP contribution in [0.1, 0.15) is 23.7 Å². The van der Waals surface area contributed by atoms with E-state index in [-0.39, 0.29) is 5.56 Å². The number of amides is 2. The lowest BCUT2D eigenvalue weighted by molar-refractivity contribution is -0.140. The topological polar surface area (TPSA) is 119 Å². The molecule has 4 N–H and O–H groups in total. The molecule has 1 rings (SSSR count). The molecule has 0 aliphatic heterocycles. The number of carboxylic acid groups (broad SMARTS) is 1.